The van der Waals surface area contributed by atoms with E-state index >= 15 is 0 Å². The minimum atomic E-state index is -1.03. The van der Waals surface area contributed by atoms with Crippen LogP contribution in [0.25, 0.3) is 6.08 Å². The summed E-state index contributed by atoms with van der Waals surface area (Å²) in [5, 5.41) is 12.1. The van der Waals surface area contributed by atoms with Gasteiger partial charge in [0.2, 0.25) is 0 Å². The standard InChI is InChI=1S/C22H22N2O4/c1-15-9-11-16(12-10-15)14-18(23-20(25)17-6-3-2-4-7-17)21(26)24-13-5-8-19(24)22(27)28/h2-4,6-7,9-12,14,19H,5,8,13H2,1H3,(H,23,25)(H,27,28)/b18-14-/t19-/m0/s1. The van der Waals surface area contributed by atoms with Crippen molar-refractivity contribution in [2.45, 2.75) is 25.8 Å². The zero-order valence-electron chi connectivity index (χ0n) is 15.6. The summed E-state index contributed by atoms with van der Waals surface area (Å²) in [6.45, 7) is 2.31. The molecule has 0 aromatic heterocycles. The van der Waals surface area contributed by atoms with Crippen molar-refractivity contribution in [3.63, 3.8) is 0 Å². The maximum Gasteiger partial charge on any atom is 0.326 e. The summed E-state index contributed by atoms with van der Waals surface area (Å²) < 4.78 is 0. The number of nitrogens with zero attached hydrogens (tertiary/aromatic N) is 1. The Kier molecular flexibility index (Phi) is 5.89. The van der Waals surface area contributed by atoms with Crippen molar-refractivity contribution in [3.8, 4) is 0 Å². The molecule has 0 spiro atoms. The summed E-state index contributed by atoms with van der Waals surface area (Å²) in [6, 6.07) is 15.2. The van der Waals surface area contributed by atoms with Gasteiger partial charge in [-0.2, -0.15) is 0 Å². The van der Waals surface area contributed by atoms with Gasteiger partial charge in [0.25, 0.3) is 11.8 Å². The van der Waals surface area contributed by atoms with E-state index in [2.05, 4.69) is 5.32 Å². The normalized spacial score (nSPS) is 16.7. The summed E-state index contributed by atoms with van der Waals surface area (Å²) >= 11 is 0. The van der Waals surface area contributed by atoms with Crippen LogP contribution in [0, 0.1) is 6.92 Å². The molecule has 0 aliphatic carbocycles. The predicted octanol–water partition coefficient (Wildman–Crippen LogP) is 2.84. The number of hydrogen-bond acceptors (Lipinski definition) is 3. The molecule has 1 atom stereocenters. The molecule has 0 unspecified atom stereocenters. The third-order valence-electron chi connectivity index (χ3n) is 4.70. The van der Waals surface area contributed by atoms with Crippen LogP contribution in [0.1, 0.15) is 34.3 Å². The van der Waals surface area contributed by atoms with Crippen LogP contribution in [0.5, 0.6) is 0 Å². The maximum absolute atomic E-state index is 13.1. The highest BCUT2D eigenvalue weighted by atomic mass is 16.4. The number of carboxylic acid groups (broad SMARTS) is 1. The Morgan fingerprint density at radius 2 is 1.75 bits per heavy atom. The second-order valence-corrected chi connectivity index (χ2v) is 6.78. The molecule has 0 radical (unpaired) electrons. The van der Waals surface area contributed by atoms with Gasteiger partial charge in [0.05, 0.1) is 0 Å². The smallest absolute Gasteiger partial charge is 0.326 e. The topological polar surface area (TPSA) is 86.7 Å². The van der Waals surface area contributed by atoms with E-state index in [1.165, 1.54) is 4.90 Å². The summed E-state index contributed by atoms with van der Waals surface area (Å²) in [5.41, 5.74) is 2.30. The summed E-state index contributed by atoms with van der Waals surface area (Å²) in [6.07, 6.45) is 2.61. The van der Waals surface area contributed by atoms with Gasteiger partial charge in [-0.3, -0.25) is 9.59 Å². The van der Waals surface area contributed by atoms with Crippen LogP contribution < -0.4 is 5.32 Å². The number of benzene rings is 2. The minimum absolute atomic E-state index is 0.0610. The van der Waals surface area contributed by atoms with Crippen molar-refractivity contribution in [2.75, 3.05) is 6.54 Å². The molecule has 3 rings (SSSR count). The van der Waals surface area contributed by atoms with E-state index in [1.54, 1.807) is 36.4 Å². The van der Waals surface area contributed by atoms with E-state index < -0.39 is 23.8 Å². The van der Waals surface area contributed by atoms with Crippen LogP contribution in [0.15, 0.2) is 60.3 Å². The highest BCUT2D eigenvalue weighted by molar-refractivity contribution is 6.06. The van der Waals surface area contributed by atoms with Gasteiger partial charge in [-0.1, -0.05) is 48.0 Å². The second-order valence-electron chi connectivity index (χ2n) is 6.78. The molecule has 2 amide bonds. The molecule has 1 aliphatic rings. The van der Waals surface area contributed by atoms with Gasteiger partial charge in [0, 0.05) is 12.1 Å². The molecule has 0 bridgehead atoms. The van der Waals surface area contributed by atoms with E-state index in [0.717, 1.165) is 11.1 Å². The third-order valence-corrected chi connectivity index (χ3v) is 4.70. The summed E-state index contributed by atoms with van der Waals surface area (Å²) in [7, 11) is 0. The van der Waals surface area contributed by atoms with E-state index in [0.29, 0.717) is 24.9 Å². The van der Waals surface area contributed by atoms with Crippen LogP contribution in [-0.4, -0.2) is 40.4 Å². The number of rotatable bonds is 5. The van der Waals surface area contributed by atoms with Crippen molar-refractivity contribution in [2.24, 2.45) is 0 Å². The zero-order valence-corrected chi connectivity index (χ0v) is 15.6. The average Bonchev–Trinajstić information content (AvgIpc) is 3.19. The largest absolute Gasteiger partial charge is 0.480 e. The fourth-order valence-corrected chi connectivity index (χ4v) is 3.19. The molecule has 144 valence electrons. The van der Waals surface area contributed by atoms with Crippen LogP contribution in [0.2, 0.25) is 0 Å². The van der Waals surface area contributed by atoms with E-state index in [1.807, 2.05) is 31.2 Å². The monoisotopic (exact) mass is 378 g/mol. The zero-order chi connectivity index (χ0) is 20.1. The third kappa shape index (κ3) is 4.46. The van der Waals surface area contributed by atoms with Crippen molar-refractivity contribution in [1.82, 2.24) is 10.2 Å². The highest BCUT2D eigenvalue weighted by Gasteiger charge is 2.35. The lowest BCUT2D eigenvalue weighted by Crippen LogP contribution is -2.44. The maximum atomic E-state index is 13.1. The van der Waals surface area contributed by atoms with Crippen LogP contribution in [0.4, 0.5) is 0 Å². The lowest BCUT2D eigenvalue weighted by Gasteiger charge is -2.23. The van der Waals surface area contributed by atoms with Crippen LogP contribution >= 0.6 is 0 Å². The first kappa shape index (κ1) is 19.4. The quantitative estimate of drug-likeness (QED) is 0.784. The number of carbonyl (C=O) groups excluding carboxylic acids is 2. The number of carboxylic acids is 1. The Labute approximate surface area is 163 Å². The molecular formula is C22H22N2O4. The van der Waals surface area contributed by atoms with E-state index in [-0.39, 0.29) is 5.70 Å². The first-order valence-corrected chi connectivity index (χ1v) is 9.14. The van der Waals surface area contributed by atoms with Gasteiger partial charge in [0.1, 0.15) is 11.7 Å². The van der Waals surface area contributed by atoms with Crippen molar-refractivity contribution >= 4 is 23.9 Å². The number of likely N-dealkylation sites (tertiary alicyclic amines) is 1. The Bertz CT molecular complexity index is 904. The Hall–Kier alpha value is -3.41. The second kappa shape index (κ2) is 8.52. The average molecular weight is 378 g/mol. The lowest BCUT2D eigenvalue weighted by atomic mass is 10.1. The van der Waals surface area contributed by atoms with Gasteiger partial charge in [0.15, 0.2) is 0 Å². The summed E-state index contributed by atoms with van der Waals surface area (Å²) in [4.78, 5) is 38.5. The Balaban J connectivity index is 1.92. The number of carbonyl (C=O) groups is 3. The number of hydrogen-bond donors (Lipinski definition) is 2. The van der Waals surface area contributed by atoms with Gasteiger partial charge in [-0.15, -0.1) is 0 Å². The molecule has 6 nitrogen and oxygen atoms in total. The molecule has 6 heteroatoms. The molecule has 2 aromatic carbocycles. The SMILES string of the molecule is Cc1ccc(/C=C(\NC(=O)c2ccccc2)C(=O)N2CCC[C@H]2C(=O)O)cc1. The molecule has 1 saturated heterocycles. The number of aryl methyl sites for hydroxylation is 1. The molecule has 1 fully saturated rings. The van der Waals surface area contributed by atoms with Crippen LogP contribution in [-0.2, 0) is 9.59 Å². The molecule has 28 heavy (non-hydrogen) atoms. The van der Waals surface area contributed by atoms with Crippen LogP contribution in [0.3, 0.4) is 0 Å². The van der Waals surface area contributed by atoms with E-state index in [9.17, 15) is 19.5 Å². The van der Waals surface area contributed by atoms with Crippen molar-refractivity contribution < 1.29 is 19.5 Å². The Morgan fingerprint density at radius 3 is 2.39 bits per heavy atom. The van der Waals surface area contributed by atoms with Gasteiger partial charge in [-0.25, -0.2) is 4.79 Å². The van der Waals surface area contributed by atoms with Crippen molar-refractivity contribution in [3.05, 3.63) is 77.0 Å². The molecule has 1 heterocycles. The predicted molar refractivity (Wildman–Crippen MR) is 105 cm³/mol. The first-order valence-electron chi connectivity index (χ1n) is 9.14. The van der Waals surface area contributed by atoms with E-state index in [4.69, 9.17) is 0 Å². The molecule has 1 aliphatic heterocycles. The molecule has 2 N–H and O–H groups in total. The fraction of sp³-hybridized carbons (Fsp3) is 0.227. The molecule has 2 aromatic rings. The van der Waals surface area contributed by atoms with Gasteiger partial charge < -0.3 is 15.3 Å². The van der Waals surface area contributed by atoms with Gasteiger partial charge >= 0.3 is 5.97 Å². The lowest BCUT2D eigenvalue weighted by molar-refractivity contribution is -0.146. The molecular weight excluding hydrogens is 356 g/mol. The Morgan fingerprint density at radius 1 is 1.07 bits per heavy atom. The first-order chi connectivity index (χ1) is 13.5. The minimum Gasteiger partial charge on any atom is -0.480 e. The fourth-order valence-electron chi connectivity index (χ4n) is 3.19. The number of amides is 2. The van der Waals surface area contributed by atoms with Gasteiger partial charge in [-0.05, 0) is 43.5 Å². The van der Waals surface area contributed by atoms with Crippen molar-refractivity contribution in [1.29, 1.82) is 0 Å². The number of aliphatic carboxylic acids is 1. The molecule has 0 saturated carbocycles. The number of nitrogens with one attached hydrogen (secondary N) is 1. The summed E-state index contributed by atoms with van der Waals surface area (Å²) in [5.74, 6) is -1.94. The highest BCUT2D eigenvalue weighted by Crippen LogP contribution is 2.20.